The Hall–Kier alpha value is -1.12. The lowest BCUT2D eigenvalue weighted by Crippen LogP contribution is -2.56. The number of hydrogen-bond acceptors (Lipinski definition) is 2. The minimum Gasteiger partial charge on any atom is -0.309 e. The lowest BCUT2D eigenvalue weighted by atomic mass is 10.0. The van der Waals surface area contributed by atoms with Gasteiger partial charge in [-0.1, -0.05) is 42.5 Å². The van der Waals surface area contributed by atoms with Gasteiger partial charge in [-0.15, -0.1) is 0 Å². The SMILES string of the molecule is CC1(C)CN(C/C=C/c2ccccc2)CCN1. The molecule has 2 rings (SSSR count). The maximum Gasteiger partial charge on any atom is 0.0252 e. The highest BCUT2D eigenvalue weighted by molar-refractivity contribution is 5.48. The van der Waals surface area contributed by atoms with Gasteiger partial charge in [-0.05, 0) is 19.4 Å². The smallest absolute Gasteiger partial charge is 0.0252 e. The van der Waals surface area contributed by atoms with Crippen LogP contribution in [0.3, 0.4) is 0 Å². The van der Waals surface area contributed by atoms with Crippen LogP contribution in [0.5, 0.6) is 0 Å². The van der Waals surface area contributed by atoms with Crippen molar-refractivity contribution in [2.24, 2.45) is 0 Å². The Balaban J connectivity index is 1.84. The van der Waals surface area contributed by atoms with Crippen molar-refractivity contribution < 1.29 is 0 Å². The van der Waals surface area contributed by atoms with Crippen LogP contribution in [-0.4, -0.2) is 36.6 Å². The van der Waals surface area contributed by atoms with Gasteiger partial charge in [-0.3, -0.25) is 4.90 Å². The fraction of sp³-hybridized carbons (Fsp3) is 0.467. The second-order valence-electron chi connectivity index (χ2n) is 5.36. The summed E-state index contributed by atoms with van der Waals surface area (Å²) in [7, 11) is 0. The van der Waals surface area contributed by atoms with Gasteiger partial charge < -0.3 is 5.32 Å². The number of nitrogens with one attached hydrogen (secondary N) is 1. The van der Waals surface area contributed by atoms with Crippen LogP contribution >= 0.6 is 0 Å². The highest BCUT2D eigenvalue weighted by atomic mass is 15.2. The lowest BCUT2D eigenvalue weighted by Gasteiger charge is -2.38. The van der Waals surface area contributed by atoms with Gasteiger partial charge in [-0.2, -0.15) is 0 Å². The molecule has 92 valence electrons. The molecular formula is C15H22N2. The van der Waals surface area contributed by atoms with Crippen molar-refractivity contribution >= 4 is 6.08 Å². The van der Waals surface area contributed by atoms with E-state index >= 15 is 0 Å². The van der Waals surface area contributed by atoms with Crippen molar-refractivity contribution in [3.63, 3.8) is 0 Å². The molecule has 1 fully saturated rings. The molecule has 0 saturated carbocycles. The molecule has 1 aliphatic rings. The third-order valence-electron chi connectivity index (χ3n) is 3.12. The van der Waals surface area contributed by atoms with Crippen LogP contribution in [0.1, 0.15) is 19.4 Å². The van der Waals surface area contributed by atoms with Gasteiger partial charge in [0, 0.05) is 31.7 Å². The molecular weight excluding hydrogens is 208 g/mol. The van der Waals surface area contributed by atoms with Crippen LogP contribution in [0.15, 0.2) is 36.4 Å². The van der Waals surface area contributed by atoms with Crippen molar-refractivity contribution in [2.45, 2.75) is 19.4 Å². The Morgan fingerprint density at radius 3 is 2.76 bits per heavy atom. The molecule has 1 aromatic carbocycles. The third-order valence-corrected chi connectivity index (χ3v) is 3.12. The predicted molar refractivity (Wildman–Crippen MR) is 74.0 cm³/mol. The Morgan fingerprint density at radius 1 is 1.29 bits per heavy atom. The summed E-state index contributed by atoms with van der Waals surface area (Å²) < 4.78 is 0. The molecule has 1 aliphatic heterocycles. The van der Waals surface area contributed by atoms with Crippen LogP contribution in [0, 0.1) is 0 Å². The molecule has 0 aromatic heterocycles. The topological polar surface area (TPSA) is 15.3 Å². The summed E-state index contributed by atoms with van der Waals surface area (Å²) in [6.45, 7) is 8.92. The van der Waals surface area contributed by atoms with E-state index in [4.69, 9.17) is 0 Å². The van der Waals surface area contributed by atoms with E-state index in [1.54, 1.807) is 0 Å². The molecule has 0 radical (unpaired) electrons. The van der Waals surface area contributed by atoms with Gasteiger partial charge in [0.25, 0.3) is 0 Å². The monoisotopic (exact) mass is 230 g/mol. The maximum atomic E-state index is 3.53. The summed E-state index contributed by atoms with van der Waals surface area (Å²) in [6, 6.07) is 10.5. The Bertz CT molecular complexity index is 368. The molecule has 0 spiro atoms. The van der Waals surface area contributed by atoms with Crippen molar-refractivity contribution in [3.05, 3.63) is 42.0 Å². The van der Waals surface area contributed by atoms with Gasteiger partial charge in [0.2, 0.25) is 0 Å². The zero-order valence-corrected chi connectivity index (χ0v) is 10.8. The van der Waals surface area contributed by atoms with Gasteiger partial charge in [-0.25, -0.2) is 0 Å². The van der Waals surface area contributed by atoms with Crippen LogP contribution in [-0.2, 0) is 0 Å². The molecule has 17 heavy (non-hydrogen) atoms. The summed E-state index contributed by atoms with van der Waals surface area (Å²) >= 11 is 0. The molecule has 1 heterocycles. The largest absolute Gasteiger partial charge is 0.309 e. The number of nitrogens with zero attached hydrogens (tertiary/aromatic N) is 1. The van der Waals surface area contributed by atoms with Crippen LogP contribution in [0.4, 0.5) is 0 Å². The Labute approximate surface area is 104 Å². The minimum absolute atomic E-state index is 0.249. The standard InChI is InChI=1S/C15H22N2/c1-15(2)13-17(12-10-16-15)11-6-9-14-7-4-3-5-8-14/h3-9,16H,10-13H2,1-2H3/b9-6+. The van der Waals surface area contributed by atoms with Crippen LogP contribution < -0.4 is 5.32 Å². The molecule has 0 amide bonds. The van der Waals surface area contributed by atoms with E-state index in [1.807, 2.05) is 0 Å². The Morgan fingerprint density at radius 2 is 2.06 bits per heavy atom. The van der Waals surface area contributed by atoms with Gasteiger partial charge >= 0.3 is 0 Å². The lowest BCUT2D eigenvalue weighted by molar-refractivity contribution is 0.169. The first-order valence-electron chi connectivity index (χ1n) is 6.35. The van der Waals surface area contributed by atoms with Crippen LogP contribution in [0.25, 0.3) is 6.08 Å². The zero-order valence-electron chi connectivity index (χ0n) is 10.8. The molecule has 0 unspecified atom stereocenters. The fourth-order valence-corrected chi connectivity index (χ4v) is 2.30. The molecule has 0 bridgehead atoms. The van der Waals surface area contributed by atoms with E-state index in [2.05, 4.69) is 66.5 Å². The molecule has 1 N–H and O–H groups in total. The molecule has 1 aromatic rings. The first-order chi connectivity index (χ1) is 8.16. The van der Waals surface area contributed by atoms with Gasteiger partial charge in [0.15, 0.2) is 0 Å². The van der Waals surface area contributed by atoms with E-state index in [1.165, 1.54) is 5.56 Å². The molecule has 0 aliphatic carbocycles. The summed E-state index contributed by atoms with van der Waals surface area (Å²) in [5.74, 6) is 0. The van der Waals surface area contributed by atoms with E-state index in [-0.39, 0.29) is 5.54 Å². The second-order valence-corrected chi connectivity index (χ2v) is 5.36. The minimum atomic E-state index is 0.249. The Kier molecular flexibility index (Phi) is 3.97. The first-order valence-corrected chi connectivity index (χ1v) is 6.35. The quantitative estimate of drug-likeness (QED) is 0.857. The van der Waals surface area contributed by atoms with Crippen molar-refractivity contribution in [1.82, 2.24) is 10.2 Å². The number of piperazine rings is 1. The number of benzene rings is 1. The number of hydrogen-bond donors (Lipinski definition) is 1. The second kappa shape index (κ2) is 5.48. The first kappa shape index (κ1) is 12.3. The van der Waals surface area contributed by atoms with Crippen molar-refractivity contribution in [2.75, 3.05) is 26.2 Å². The summed E-state index contributed by atoms with van der Waals surface area (Å²) in [5, 5.41) is 3.53. The van der Waals surface area contributed by atoms with Crippen molar-refractivity contribution in [1.29, 1.82) is 0 Å². The summed E-state index contributed by atoms with van der Waals surface area (Å²) in [6.07, 6.45) is 4.46. The summed E-state index contributed by atoms with van der Waals surface area (Å²) in [4.78, 5) is 2.50. The molecule has 2 nitrogen and oxygen atoms in total. The highest BCUT2D eigenvalue weighted by Crippen LogP contribution is 2.10. The maximum absolute atomic E-state index is 3.53. The van der Waals surface area contributed by atoms with Gasteiger partial charge in [0.1, 0.15) is 0 Å². The van der Waals surface area contributed by atoms with Crippen LogP contribution in [0.2, 0.25) is 0 Å². The normalized spacial score (nSPS) is 20.8. The number of rotatable bonds is 3. The van der Waals surface area contributed by atoms with E-state index in [0.29, 0.717) is 0 Å². The van der Waals surface area contributed by atoms with E-state index in [9.17, 15) is 0 Å². The third kappa shape index (κ3) is 3.99. The molecule has 0 atom stereocenters. The molecule has 1 saturated heterocycles. The van der Waals surface area contributed by atoms with E-state index < -0.39 is 0 Å². The fourth-order valence-electron chi connectivity index (χ4n) is 2.30. The predicted octanol–water partition coefficient (Wildman–Crippen LogP) is 2.38. The zero-order chi connectivity index (χ0) is 12.1. The highest BCUT2D eigenvalue weighted by Gasteiger charge is 2.24. The summed E-state index contributed by atoms with van der Waals surface area (Å²) in [5.41, 5.74) is 1.53. The average molecular weight is 230 g/mol. The van der Waals surface area contributed by atoms with E-state index in [0.717, 1.165) is 26.2 Å². The van der Waals surface area contributed by atoms with Crippen molar-refractivity contribution in [3.8, 4) is 0 Å². The van der Waals surface area contributed by atoms with Gasteiger partial charge in [0.05, 0.1) is 0 Å². The average Bonchev–Trinajstić information content (AvgIpc) is 2.29. The molecule has 2 heteroatoms.